The quantitative estimate of drug-likeness (QED) is 0.465. The number of carbonyl (C=O) groups is 1. The Balaban J connectivity index is 1.96. The van der Waals surface area contributed by atoms with E-state index < -0.39 is 11.7 Å². The van der Waals surface area contributed by atoms with Crippen molar-refractivity contribution >= 4 is 23.2 Å². The third-order valence-corrected chi connectivity index (χ3v) is 4.12. The monoisotopic (exact) mass is 384 g/mol. The second-order valence-electron chi connectivity index (χ2n) is 6.06. The summed E-state index contributed by atoms with van der Waals surface area (Å²) in [6.45, 7) is 2.24. The first-order chi connectivity index (χ1) is 13.5. The molecule has 6 N–H and O–H groups in total. The minimum atomic E-state index is -0.795. The molecule has 0 radical (unpaired) electrons. The fourth-order valence-corrected chi connectivity index (χ4v) is 2.59. The van der Waals surface area contributed by atoms with Gasteiger partial charge >= 0.3 is 0 Å². The summed E-state index contributed by atoms with van der Waals surface area (Å²) in [6.07, 6.45) is 3.82. The molecule has 0 bridgehead atoms. The van der Waals surface area contributed by atoms with Gasteiger partial charge in [0.25, 0.3) is 5.91 Å². The number of primary amides is 1. The Morgan fingerprint density at radius 1 is 1.25 bits per heavy atom. The van der Waals surface area contributed by atoms with Crippen molar-refractivity contribution in [3.8, 4) is 5.69 Å². The Hall–Kier alpha value is -3.53. The number of rotatable bonds is 8. The van der Waals surface area contributed by atoms with Crippen molar-refractivity contribution in [1.29, 1.82) is 0 Å². The van der Waals surface area contributed by atoms with E-state index >= 15 is 0 Å². The van der Waals surface area contributed by atoms with Gasteiger partial charge in [-0.3, -0.25) is 4.79 Å². The maximum atomic E-state index is 14.4. The maximum absolute atomic E-state index is 14.4. The molecule has 0 aliphatic carbocycles. The molecule has 1 atom stereocenters. The van der Waals surface area contributed by atoms with Gasteiger partial charge in [-0.05, 0) is 30.7 Å². The minimum absolute atomic E-state index is 0.00491. The summed E-state index contributed by atoms with van der Waals surface area (Å²) in [5.74, 6) is -1.35. The van der Waals surface area contributed by atoms with Gasteiger partial charge in [-0.1, -0.05) is 13.0 Å². The molecule has 0 unspecified atom stereocenters. The number of carbonyl (C=O) groups excluding carboxylic acids is 1. The molecule has 3 rings (SSSR count). The molecule has 0 aliphatic rings. The van der Waals surface area contributed by atoms with Crippen LogP contribution in [-0.2, 0) is 0 Å². The van der Waals surface area contributed by atoms with Gasteiger partial charge in [-0.2, -0.15) is 15.0 Å². The van der Waals surface area contributed by atoms with E-state index in [1.807, 2.05) is 13.0 Å². The molecule has 0 fully saturated rings. The first-order valence-corrected chi connectivity index (χ1v) is 8.72. The number of hydrogen-bond acceptors (Lipinski definition) is 7. The molecule has 2 aromatic heterocycles. The molecule has 2 heterocycles. The van der Waals surface area contributed by atoms with Gasteiger partial charge < -0.3 is 22.1 Å². The number of nitrogens with two attached hydrogens (primary N) is 2. The van der Waals surface area contributed by atoms with E-state index in [9.17, 15) is 9.18 Å². The number of hydrogen-bond donors (Lipinski definition) is 4. The first-order valence-electron chi connectivity index (χ1n) is 8.72. The van der Waals surface area contributed by atoms with Crippen LogP contribution in [-0.4, -0.2) is 38.5 Å². The van der Waals surface area contributed by atoms with E-state index in [1.54, 1.807) is 30.6 Å². The summed E-state index contributed by atoms with van der Waals surface area (Å²) in [6, 6.07) is 8.04. The van der Waals surface area contributed by atoms with Crippen LogP contribution in [0, 0.1) is 5.82 Å². The topological polar surface area (TPSA) is 137 Å². The van der Waals surface area contributed by atoms with Crippen LogP contribution >= 0.6 is 0 Å². The number of amides is 1. The molecule has 0 aliphatic heterocycles. The number of nitrogens with zero attached hydrogens (tertiary/aromatic N) is 4. The lowest BCUT2D eigenvalue weighted by molar-refractivity contribution is 0.100. The highest BCUT2D eigenvalue weighted by atomic mass is 19.1. The number of halogens is 1. The third kappa shape index (κ3) is 4.23. The van der Waals surface area contributed by atoms with Gasteiger partial charge in [-0.15, -0.1) is 0 Å². The fourth-order valence-electron chi connectivity index (χ4n) is 2.59. The van der Waals surface area contributed by atoms with E-state index in [2.05, 4.69) is 25.8 Å². The Kier molecular flexibility index (Phi) is 5.80. The predicted octanol–water partition coefficient (Wildman–Crippen LogP) is 1.79. The van der Waals surface area contributed by atoms with Crippen molar-refractivity contribution in [3.05, 3.63) is 54.1 Å². The lowest BCUT2D eigenvalue weighted by Gasteiger charge is -2.18. The molecule has 28 heavy (non-hydrogen) atoms. The van der Waals surface area contributed by atoms with Gasteiger partial charge in [-0.25, -0.2) is 9.37 Å². The van der Waals surface area contributed by atoms with Crippen molar-refractivity contribution in [2.24, 2.45) is 11.5 Å². The standard InChI is InChI=1S/C18H21FN8O/c1-2-11(10-20)24-18-15(19)9-14(16(21)28)17(26-18)25-12-4-3-5-13(8-12)27-22-6-7-23-27/h3-9,11H,2,10,20H2,1H3,(H2,21,28)(H2,24,25,26)/t11-/m1/s1. The Bertz CT molecular complexity index is 956. The molecule has 1 aromatic carbocycles. The van der Waals surface area contributed by atoms with Gasteiger partial charge in [0.1, 0.15) is 5.82 Å². The van der Waals surface area contributed by atoms with E-state index in [0.717, 1.165) is 6.07 Å². The van der Waals surface area contributed by atoms with Crippen molar-refractivity contribution in [3.63, 3.8) is 0 Å². The lowest BCUT2D eigenvalue weighted by Crippen LogP contribution is -2.29. The number of pyridine rings is 1. The van der Waals surface area contributed by atoms with Crippen molar-refractivity contribution in [2.75, 3.05) is 17.2 Å². The largest absolute Gasteiger partial charge is 0.365 e. The van der Waals surface area contributed by atoms with E-state index in [-0.39, 0.29) is 23.2 Å². The van der Waals surface area contributed by atoms with Crippen LogP contribution in [0.25, 0.3) is 5.69 Å². The van der Waals surface area contributed by atoms with Gasteiger partial charge in [0.2, 0.25) is 0 Å². The van der Waals surface area contributed by atoms with Crippen LogP contribution in [0.4, 0.5) is 21.7 Å². The van der Waals surface area contributed by atoms with Crippen LogP contribution in [0.5, 0.6) is 0 Å². The highest BCUT2D eigenvalue weighted by molar-refractivity contribution is 5.98. The zero-order valence-corrected chi connectivity index (χ0v) is 15.3. The second kappa shape index (κ2) is 8.44. The zero-order valence-electron chi connectivity index (χ0n) is 15.3. The highest BCUT2D eigenvalue weighted by Gasteiger charge is 2.18. The molecular weight excluding hydrogens is 363 g/mol. The highest BCUT2D eigenvalue weighted by Crippen LogP contribution is 2.25. The predicted molar refractivity (Wildman–Crippen MR) is 104 cm³/mol. The van der Waals surface area contributed by atoms with Gasteiger partial charge in [0, 0.05) is 18.3 Å². The summed E-state index contributed by atoms with van der Waals surface area (Å²) >= 11 is 0. The van der Waals surface area contributed by atoms with Gasteiger partial charge in [0.05, 0.1) is 23.6 Å². The molecule has 0 saturated carbocycles. The van der Waals surface area contributed by atoms with E-state index in [0.29, 0.717) is 24.3 Å². The van der Waals surface area contributed by atoms with Gasteiger partial charge in [0.15, 0.2) is 11.6 Å². The Morgan fingerprint density at radius 3 is 2.64 bits per heavy atom. The molecular formula is C18H21FN8O. The minimum Gasteiger partial charge on any atom is -0.365 e. The van der Waals surface area contributed by atoms with E-state index in [1.165, 1.54) is 4.80 Å². The first kappa shape index (κ1) is 19.2. The van der Waals surface area contributed by atoms with Crippen LogP contribution in [0.1, 0.15) is 23.7 Å². The summed E-state index contributed by atoms with van der Waals surface area (Å²) in [5.41, 5.74) is 12.3. The average Bonchev–Trinajstić information content (AvgIpc) is 3.23. The SMILES string of the molecule is CC[C@H](CN)Nc1nc(Nc2cccc(-n3nccn3)c2)c(C(N)=O)cc1F. The van der Waals surface area contributed by atoms with Crippen LogP contribution in [0.3, 0.4) is 0 Å². The van der Waals surface area contributed by atoms with E-state index in [4.69, 9.17) is 11.5 Å². The van der Waals surface area contributed by atoms with Crippen LogP contribution in [0.15, 0.2) is 42.7 Å². The zero-order chi connectivity index (χ0) is 20.1. The number of benzene rings is 1. The summed E-state index contributed by atoms with van der Waals surface area (Å²) in [4.78, 5) is 17.4. The molecule has 1 amide bonds. The van der Waals surface area contributed by atoms with Crippen LogP contribution < -0.4 is 22.1 Å². The second-order valence-corrected chi connectivity index (χ2v) is 6.06. The molecule has 9 nitrogen and oxygen atoms in total. The summed E-state index contributed by atoms with van der Waals surface area (Å²) in [5, 5.41) is 14.1. The third-order valence-electron chi connectivity index (χ3n) is 4.12. The molecule has 10 heteroatoms. The molecule has 146 valence electrons. The Morgan fingerprint density at radius 2 is 2.00 bits per heavy atom. The average molecular weight is 384 g/mol. The van der Waals surface area contributed by atoms with Crippen LogP contribution in [0.2, 0.25) is 0 Å². The summed E-state index contributed by atoms with van der Waals surface area (Å²) in [7, 11) is 0. The van der Waals surface area contributed by atoms with Crippen molar-refractivity contribution < 1.29 is 9.18 Å². The molecule has 3 aromatic rings. The van der Waals surface area contributed by atoms with Crippen molar-refractivity contribution in [1.82, 2.24) is 20.0 Å². The number of aromatic nitrogens is 4. The van der Waals surface area contributed by atoms with Crippen molar-refractivity contribution in [2.45, 2.75) is 19.4 Å². The molecule has 0 saturated heterocycles. The number of nitrogens with one attached hydrogen (secondary N) is 2. The normalized spacial score (nSPS) is 11.8. The lowest BCUT2D eigenvalue weighted by atomic mass is 10.2. The Labute approximate surface area is 160 Å². The summed E-state index contributed by atoms with van der Waals surface area (Å²) < 4.78 is 14.4. The fraction of sp³-hybridized carbons (Fsp3) is 0.222. The molecule has 0 spiro atoms. The maximum Gasteiger partial charge on any atom is 0.252 e. The number of anilines is 3. The smallest absolute Gasteiger partial charge is 0.252 e.